The Labute approximate surface area is 166 Å². The van der Waals surface area contributed by atoms with Crippen molar-refractivity contribution in [3.8, 4) is 11.3 Å². The number of carbonyl (C=O) groups is 1. The van der Waals surface area contributed by atoms with Crippen molar-refractivity contribution in [2.45, 2.75) is 46.6 Å². The molecule has 1 aromatic carbocycles. The molecule has 2 aromatic heterocycles. The van der Waals surface area contributed by atoms with E-state index in [0.29, 0.717) is 11.3 Å². The fourth-order valence-corrected chi connectivity index (χ4v) is 3.82. The molecule has 6 heteroatoms. The van der Waals surface area contributed by atoms with Crippen LogP contribution in [0.1, 0.15) is 51.4 Å². The zero-order valence-electron chi connectivity index (χ0n) is 17.4. The summed E-state index contributed by atoms with van der Waals surface area (Å²) in [6.07, 6.45) is 4.65. The molecule has 28 heavy (non-hydrogen) atoms. The smallest absolute Gasteiger partial charge is 0.337 e. The third-order valence-electron chi connectivity index (χ3n) is 4.41. The SMILES string of the molecule is COC(=O)c1ccc(-c2c(NC(C)(C)CC(C)(C)C)nc3ncccn23)cc1. The van der Waals surface area contributed by atoms with Gasteiger partial charge < -0.3 is 10.1 Å². The lowest BCUT2D eigenvalue weighted by molar-refractivity contribution is 0.0600. The van der Waals surface area contributed by atoms with Crippen molar-refractivity contribution in [2.75, 3.05) is 12.4 Å². The highest BCUT2D eigenvalue weighted by Gasteiger charge is 2.28. The van der Waals surface area contributed by atoms with E-state index in [1.807, 2.05) is 28.8 Å². The number of imidazole rings is 1. The number of esters is 1. The highest BCUT2D eigenvalue weighted by molar-refractivity contribution is 5.90. The molecule has 0 atom stereocenters. The van der Waals surface area contributed by atoms with Crippen molar-refractivity contribution in [3.05, 3.63) is 48.3 Å². The van der Waals surface area contributed by atoms with Gasteiger partial charge in [0.1, 0.15) is 0 Å². The van der Waals surface area contributed by atoms with Crippen molar-refractivity contribution < 1.29 is 9.53 Å². The first-order valence-electron chi connectivity index (χ1n) is 9.40. The number of benzene rings is 1. The van der Waals surface area contributed by atoms with Gasteiger partial charge in [-0.15, -0.1) is 0 Å². The van der Waals surface area contributed by atoms with Gasteiger partial charge in [-0.25, -0.2) is 9.78 Å². The molecule has 0 amide bonds. The zero-order valence-corrected chi connectivity index (χ0v) is 17.4. The topological polar surface area (TPSA) is 68.5 Å². The third-order valence-corrected chi connectivity index (χ3v) is 4.41. The van der Waals surface area contributed by atoms with Gasteiger partial charge in [-0.3, -0.25) is 4.40 Å². The van der Waals surface area contributed by atoms with E-state index in [0.717, 1.165) is 23.5 Å². The fourth-order valence-electron chi connectivity index (χ4n) is 3.82. The molecule has 3 aromatic rings. The highest BCUT2D eigenvalue weighted by atomic mass is 16.5. The van der Waals surface area contributed by atoms with Crippen molar-refractivity contribution in [3.63, 3.8) is 0 Å². The second-order valence-electron chi connectivity index (χ2n) is 8.91. The molecule has 0 saturated heterocycles. The molecule has 3 rings (SSSR count). The van der Waals surface area contributed by atoms with Gasteiger partial charge in [0.25, 0.3) is 0 Å². The van der Waals surface area contributed by atoms with Crippen molar-refractivity contribution >= 4 is 17.6 Å². The molecule has 0 aliphatic carbocycles. The van der Waals surface area contributed by atoms with E-state index in [1.165, 1.54) is 7.11 Å². The third kappa shape index (κ3) is 4.32. The average Bonchev–Trinajstić information content (AvgIpc) is 2.96. The maximum Gasteiger partial charge on any atom is 0.337 e. The summed E-state index contributed by atoms with van der Waals surface area (Å²) in [7, 11) is 1.38. The van der Waals surface area contributed by atoms with Crippen LogP contribution in [0.5, 0.6) is 0 Å². The Balaban J connectivity index is 2.06. The number of methoxy groups -OCH3 is 1. The summed E-state index contributed by atoms with van der Waals surface area (Å²) in [5.41, 5.74) is 2.40. The summed E-state index contributed by atoms with van der Waals surface area (Å²) in [6.45, 7) is 11.1. The highest BCUT2D eigenvalue weighted by Crippen LogP contribution is 2.34. The van der Waals surface area contributed by atoms with E-state index in [2.05, 4.69) is 44.9 Å². The second kappa shape index (κ2) is 7.26. The Bertz CT molecular complexity index is 982. The number of rotatable bonds is 5. The van der Waals surface area contributed by atoms with Crippen LogP contribution < -0.4 is 5.32 Å². The quantitative estimate of drug-likeness (QED) is 0.643. The van der Waals surface area contributed by atoms with Crippen LogP contribution in [0.2, 0.25) is 0 Å². The molecule has 0 aliphatic rings. The molecular formula is C22H28N4O2. The standard InChI is InChI=1S/C22H28N4O2/c1-21(2,3)14-22(4,5)25-18-17(26-13-7-12-23-20(26)24-18)15-8-10-16(11-9-15)19(27)28-6/h7-13,25H,14H2,1-6H3. The predicted molar refractivity (Wildman–Crippen MR) is 112 cm³/mol. The zero-order chi connectivity index (χ0) is 20.5. The van der Waals surface area contributed by atoms with Gasteiger partial charge in [0.15, 0.2) is 5.82 Å². The van der Waals surface area contributed by atoms with Crippen LogP contribution in [0.3, 0.4) is 0 Å². The first-order chi connectivity index (χ1) is 13.1. The van der Waals surface area contributed by atoms with E-state index in [1.54, 1.807) is 18.3 Å². The molecule has 0 aliphatic heterocycles. The lowest BCUT2D eigenvalue weighted by Crippen LogP contribution is -2.35. The van der Waals surface area contributed by atoms with Crippen LogP contribution >= 0.6 is 0 Å². The summed E-state index contributed by atoms with van der Waals surface area (Å²) in [5.74, 6) is 1.05. The normalized spacial score (nSPS) is 12.2. The van der Waals surface area contributed by atoms with Crippen LogP contribution in [0, 0.1) is 5.41 Å². The van der Waals surface area contributed by atoms with Crippen LogP contribution in [0.25, 0.3) is 17.0 Å². The number of nitrogens with one attached hydrogen (secondary N) is 1. The molecule has 0 saturated carbocycles. The Kier molecular flexibility index (Phi) is 5.15. The van der Waals surface area contributed by atoms with Crippen LogP contribution in [-0.4, -0.2) is 33.0 Å². The molecule has 0 unspecified atom stereocenters. The van der Waals surface area contributed by atoms with Gasteiger partial charge in [-0.2, -0.15) is 4.98 Å². The summed E-state index contributed by atoms with van der Waals surface area (Å²) in [5, 5.41) is 3.62. The van der Waals surface area contributed by atoms with Gasteiger partial charge in [0.05, 0.1) is 18.4 Å². The Morgan fingerprint density at radius 3 is 2.43 bits per heavy atom. The van der Waals surface area contributed by atoms with Gasteiger partial charge >= 0.3 is 5.97 Å². The molecule has 0 spiro atoms. The number of hydrogen-bond acceptors (Lipinski definition) is 5. The number of ether oxygens (including phenoxy) is 1. The van der Waals surface area contributed by atoms with Gasteiger partial charge in [-0.05, 0) is 43.9 Å². The first kappa shape index (κ1) is 19.9. The summed E-state index contributed by atoms with van der Waals surface area (Å²) >= 11 is 0. The molecule has 0 fully saturated rings. The Hall–Kier alpha value is -2.89. The molecule has 0 bridgehead atoms. The van der Waals surface area contributed by atoms with E-state index in [9.17, 15) is 4.79 Å². The lowest BCUT2D eigenvalue weighted by Gasteiger charge is -2.33. The number of nitrogens with zero attached hydrogens (tertiary/aromatic N) is 3. The molecular weight excluding hydrogens is 352 g/mol. The van der Waals surface area contributed by atoms with E-state index in [4.69, 9.17) is 9.72 Å². The number of carbonyl (C=O) groups excluding carboxylic acids is 1. The van der Waals surface area contributed by atoms with Crippen molar-refractivity contribution in [1.29, 1.82) is 0 Å². The van der Waals surface area contributed by atoms with E-state index >= 15 is 0 Å². The second-order valence-corrected chi connectivity index (χ2v) is 8.91. The van der Waals surface area contributed by atoms with Gasteiger partial charge in [0.2, 0.25) is 5.78 Å². The summed E-state index contributed by atoms with van der Waals surface area (Å²) < 4.78 is 6.76. The van der Waals surface area contributed by atoms with Gasteiger partial charge in [0, 0.05) is 23.5 Å². The average molecular weight is 380 g/mol. The predicted octanol–water partition coefficient (Wildman–Crippen LogP) is 4.81. The van der Waals surface area contributed by atoms with Crippen molar-refractivity contribution in [2.24, 2.45) is 5.41 Å². The monoisotopic (exact) mass is 380 g/mol. The van der Waals surface area contributed by atoms with E-state index < -0.39 is 0 Å². The van der Waals surface area contributed by atoms with Crippen LogP contribution in [0.15, 0.2) is 42.7 Å². The maximum atomic E-state index is 11.7. The van der Waals surface area contributed by atoms with Gasteiger partial charge in [-0.1, -0.05) is 32.9 Å². The molecule has 6 nitrogen and oxygen atoms in total. The minimum Gasteiger partial charge on any atom is -0.465 e. The van der Waals surface area contributed by atoms with E-state index in [-0.39, 0.29) is 16.9 Å². The fraction of sp³-hybridized carbons (Fsp3) is 0.409. The number of aromatic nitrogens is 3. The molecule has 0 radical (unpaired) electrons. The molecule has 1 N–H and O–H groups in total. The summed E-state index contributed by atoms with van der Waals surface area (Å²) in [4.78, 5) is 20.9. The minimum absolute atomic E-state index is 0.156. The Morgan fingerprint density at radius 1 is 1.14 bits per heavy atom. The van der Waals surface area contributed by atoms with Crippen molar-refractivity contribution in [1.82, 2.24) is 14.4 Å². The maximum absolute atomic E-state index is 11.7. The van der Waals surface area contributed by atoms with Crippen LogP contribution in [-0.2, 0) is 4.74 Å². The number of fused-ring (bicyclic) bond motifs is 1. The first-order valence-corrected chi connectivity index (χ1v) is 9.40. The lowest BCUT2D eigenvalue weighted by atomic mass is 9.82. The molecule has 148 valence electrons. The summed E-state index contributed by atoms with van der Waals surface area (Å²) in [6, 6.07) is 9.22. The number of hydrogen-bond donors (Lipinski definition) is 1. The molecule has 2 heterocycles. The van der Waals surface area contributed by atoms with Crippen LogP contribution in [0.4, 0.5) is 5.82 Å². The number of anilines is 1. The largest absolute Gasteiger partial charge is 0.465 e. The minimum atomic E-state index is -0.351. The Morgan fingerprint density at radius 2 is 1.82 bits per heavy atom.